The van der Waals surface area contributed by atoms with Gasteiger partial charge in [-0.05, 0) is 18.6 Å². The number of aryl methyl sites for hydroxylation is 1. The Labute approximate surface area is 158 Å². The zero-order chi connectivity index (χ0) is 23.7. The van der Waals surface area contributed by atoms with Crippen LogP contribution in [0.3, 0.4) is 0 Å². The van der Waals surface area contributed by atoms with Gasteiger partial charge in [-0.1, -0.05) is 0 Å². The van der Waals surface area contributed by atoms with Crippen LogP contribution in [0.1, 0.15) is 5.56 Å². The van der Waals surface area contributed by atoms with Crippen LogP contribution >= 0.6 is 0 Å². The molecule has 0 aromatic heterocycles. The van der Waals surface area contributed by atoms with E-state index >= 15 is 0 Å². The van der Waals surface area contributed by atoms with Crippen molar-refractivity contribution in [3.05, 3.63) is 33.9 Å². The van der Waals surface area contributed by atoms with Crippen molar-refractivity contribution >= 4 is 17.3 Å². The van der Waals surface area contributed by atoms with Gasteiger partial charge in [0.05, 0.1) is 4.92 Å². The van der Waals surface area contributed by atoms with E-state index in [0.29, 0.717) is 18.2 Å². The minimum absolute atomic E-state index is 0.457. The second kappa shape index (κ2) is 6.16. The first-order valence-corrected chi connectivity index (χ1v) is 7.36. The molecule has 0 unspecified atom stereocenters. The predicted molar refractivity (Wildman–Crippen MR) is 75.0 cm³/mol. The lowest BCUT2D eigenvalue weighted by atomic mass is 9.71. The lowest BCUT2D eigenvalue weighted by Crippen LogP contribution is -2.86. The lowest BCUT2D eigenvalue weighted by Gasteiger charge is -2.51. The Balaban J connectivity index is 2.65. The number of halogens is 11. The van der Waals surface area contributed by atoms with Gasteiger partial charge >= 0.3 is 35.3 Å². The van der Waals surface area contributed by atoms with E-state index in [-0.39, 0.29) is 0 Å². The Hall–Kier alpha value is -2.68. The first kappa shape index (κ1) is 23.6. The van der Waals surface area contributed by atoms with Crippen LogP contribution in [0.25, 0.3) is 0 Å². The summed E-state index contributed by atoms with van der Waals surface area (Å²) in [5.41, 5.74) is -9.00. The largest absolute Gasteiger partial charge is 0.384 e. The fraction of sp³-hybridized carbons (Fsp3) is 0.500. The number of rotatable bonds is 3. The maximum atomic E-state index is 14.6. The number of hydrogen-bond acceptors (Lipinski definition) is 3. The van der Waals surface area contributed by atoms with E-state index in [1.807, 2.05) is 0 Å². The Morgan fingerprint density at radius 3 is 1.60 bits per heavy atom. The summed E-state index contributed by atoms with van der Waals surface area (Å²) in [6, 6.07) is 1.58. The van der Waals surface area contributed by atoms with Gasteiger partial charge in [-0.25, -0.2) is 4.39 Å². The standard InChI is InChI=1S/C14H7F11N2O3/c1-5-4-6(27(29)30)2-3-7(5)26-8(28)9(15)10(16,17)12(20,21)14(24,25)13(22,23)11(9,18)19/h2-4H,1H3,(H,26,28). The summed E-state index contributed by atoms with van der Waals surface area (Å²) in [5.74, 6) is -40.4. The van der Waals surface area contributed by atoms with E-state index in [9.17, 15) is 63.2 Å². The summed E-state index contributed by atoms with van der Waals surface area (Å²) in [6.45, 7) is 0.877. The minimum atomic E-state index is -7.44. The number of carbonyl (C=O) groups is 1. The van der Waals surface area contributed by atoms with Gasteiger partial charge in [-0.2, -0.15) is 43.9 Å². The van der Waals surface area contributed by atoms with Gasteiger partial charge in [0.15, 0.2) is 0 Å². The second-order valence-corrected chi connectivity index (χ2v) is 6.24. The number of nitro groups is 1. The number of nitrogens with zero attached hydrogens (tertiary/aromatic N) is 1. The molecule has 0 atom stereocenters. The maximum absolute atomic E-state index is 14.6. The number of anilines is 1. The molecule has 1 fully saturated rings. The number of alkyl halides is 11. The number of nitrogens with one attached hydrogen (secondary N) is 1. The van der Waals surface area contributed by atoms with E-state index in [2.05, 4.69) is 0 Å². The van der Waals surface area contributed by atoms with E-state index in [1.165, 1.54) is 0 Å². The molecule has 1 aliphatic carbocycles. The van der Waals surface area contributed by atoms with Crippen LogP contribution in [0, 0.1) is 17.0 Å². The first-order valence-electron chi connectivity index (χ1n) is 7.36. The van der Waals surface area contributed by atoms with Crippen LogP contribution in [-0.2, 0) is 4.79 Å². The molecule has 16 heteroatoms. The molecule has 1 aliphatic rings. The smallest absolute Gasteiger partial charge is 0.323 e. The van der Waals surface area contributed by atoms with Crippen LogP contribution in [0.4, 0.5) is 59.7 Å². The average molecular weight is 460 g/mol. The van der Waals surface area contributed by atoms with Crippen LogP contribution in [-0.4, -0.2) is 46.1 Å². The zero-order valence-corrected chi connectivity index (χ0v) is 14.1. The highest BCUT2D eigenvalue weighted by atomic mass is 19.4. The number of amides is 1. The summed E-state index contributed by atoms with van der Waals surface area (Å²) in [7, 11) is 0. The monoisotopic (exact) mass is 460 g/mol. The lowest BCUT2D eigenvalue weighted by molar-refractivity contribution is -0.475. The molecule has 2 rings (SSSR count). The van der Waals surface area contributed by atoms with Crippen molar-refractivity contribution < 1.29 is 58.0 Å². The van der Waals surface area contributed by atoms with Crippen LogP contribution in [0.2, 0.25) is 0 Å². The van der Waals surface area contributed by atoms with Crippen molar-refractivity contribution in [1.29, 1.82) is 0 Å². The van der Waals surface area contributed by atoms with Crippen LogP contribution in [0.15, 0.2) is 18.2 Å². The molecule has 30 heavy (non-hydrogen) atoms. The van der Waals surface area contributed by atoms with E-state index in [0.717, 1.165) is 12.2 Å². The molecule has 1 aromatic rings. The molecule has 1 amide bonds. The highest BCUT2D eigenvalue weighted by Crippen LogP contribution is 2.69. The molecule has 1 aromatic carbocycles. The molecular weight excluding hydrogens is 453 g/mol. The summed E-state index contributed by atoms with van der Waals surface area (Å²) in [4.78, 5) is 21.4. The molecule has 5 nitrogen and oxygen atoms in total. The SMILES string of the molecule is Cc1cc([N+](=O)[O-])ccc1NC(=O)C1(F)C(F)(F)C(F)(F)C(F)(F)C(F)(F)C1(F)F. The summed E-state index contributed by atoms with van der Waals surface area (Å²) >= 11 is 0. The van der Waals surface area contributed by atoms with Gasteiger partial charge < -0.3 is 5.32 Å². The van der Waals surface area contributed by atoms with E-state index < -0.39 is 63.1 Å². The number of nitro benzene ring substituents is 1. The Morgan fingerprint density at radius 2 is 1.23 bits per heavy atom. The third-order valence-electron chi connectivity index (χ3n) is 4.42. The van der Waals surface area contributed by atoms with Gasteiger partial charge in [0.1, 0.15) is 0 Å². The third-order valence-corrected chi connectivity index (χ3v) is 4.42. The van der Waals surface area contributed by atoms with E-state index in [4.69, 9.17) is 0 Å². The molecule has 168 valence electrons. The first-order chi connectivity index (χ1) is 13.2. The number of benzene rings is 1. The molecule has 1 saturated carbocycles. The second-order valence-electron chi connectivity index (χ2n) is 6.24. The highest BCUT2D eigenvalue weighted by Gasteiger charge is 3.02. The number of non-ortho nitro benzene ring substituents is 1. The Bertz CT molecular complexity index is 886. The summed E-state index contributed by atoms with van der Waals surface area (Å²) in [6.07, 6.45) is 0. The van der Waals surface area contributed by atoms with Crippen molar-refractivity contribution in [2.45, 2.75) is 42.2 Å². The molecule has 0 spiro atoms. The molecule has 1 N–H and O–H groups in total. The minimum Gasteiger partial charge on any atom is -0.323 e. The summed E-state index contributed by atoms with van der Waals surface area (Å²) in [5, 5.41) is 11.5. The van der Waals surface area contributed by atoms with Gasteiger partial charge in [-0.3, -0.25) is 14.9 Å². The molecule has 0 aliphatic heterocycles. The zero-order valence-electron chi connectivity index (χ0n) is 14.1. The normalized spacial score (nSPS) is 24.7. The van der Waals surface area contributed by atoms with Crippen molar-refractivity contribution in [1.82, 2.24) is 0 Å². The van der Waals surface area contributed by atoms with Crippen LogP contribution < -0.4 is 5.32 Å². The van der Waals surface area contributed by atoms with Crippen molar-refractivity contribution in [2.24, 2.45) is 0 Å². The Morgan fingerprint density at radius 1 is 0.833 bits per heavy atom. The van der Waals surface area contributed by atoms with Crippen LogP contribution in [0.5, 0.6) is 0 Å². The average Bonchev–Trinajstić information content (AvgIpc) is 2.60. The highest BCUT2D eigenvalue weighted by molar-refractivity contribution is 6.00. The molecule has 0 radical (unpaired) electrons. The van der Waals surface area contributed by atoms with Gasteiger partial charge in [0.25, 0.3) is 11.6 Å². The van der Waals surface area contributed by atoms with Gasteiger partial charge in [-0.15, -0.1) is 0 Å². The number of hydrogen-bond donors (Lipinski definition) is 1. The fourth-order valence-electron chi connectivity index (χ4n) is 2.62. The van der Waals surface area contributed by atoms with Crippen molar-refractivity contribution in [2.75, 3.05) is 5.32 Å². The van der Waals surface area contributed by atoms with Crippen molar-refractivity contribution in [3.63, 3.8) is 0 Å². The molecule has 0 heterocycles. The quantitative estimate of drug-likeness (QED) is 0.403. The maximum Gasteiger partial charge on any atom is 0.384 e. The molecular formula is C14H7F11N2O3. The Kier molecular flexibility index (Phi) is 4.85. The predicted octanol–water partition coefficient (Wildman–Crippen LogP) is 4.74. The van der Waals surface area contributed by atoms with Gasteiger partial charge in [0, 0.05) is 17.8 Å². The van der Waals surface area contributed by atoms with Gasteiger partial charge in [0.2, 0.25) is 0 Å². The topological polar surface area (TPSA) is 72.2 Å². The molecule has 0 bridgehead atoms. The van der Waals surface area contributed by atoms with Crippen molar-refractivity contribution in [3.8, 4) is 0 Å². The van der Waals surface area contributed by atoms with E-state index in [1.54, 1.807) is 0 Å². The molecule has 0 saturated heterocycles. The third kappa shape index (κ3) is 2.44. The number of carbonyl (C=O) groups excluding carboxylic acids is 1. The summed E-state index contributed by atoms with van der Waals surface area (Å²) < 4.78 is 150. The fourth-order valence-corrected chi connectivity index (χ4v) is 2.62.